The maximum Gasteiger partial charge on any atom is 0.273 e. The van der Waals surface area contributed by atoms with E-state index in [1.54, 1.807) is 36.1 Å². The van der Waals surface area contributed by atoms with E-state index in [0.717, 1.165) is 5.69 Å². The molecule has 1 fully saturated rings. The van der Waals surface area contributed by atoms with Crippen LogP contribution >= 0.6 is 0 Å². The molecule has 3 rings (SSSR count). The highest BCUT2D eigenvalue weighted by Crippen LogP contribution is 2.25. The molecule has 2 aromatic rings. The largest absolute Gasteiger partial charge is 0.497 e. The van der Waals surface area contributed by atoms with Gasteiger partial charge in [-0.05, 0) is 25.1 Å². The van der Waals surface area contributed by atoms with E-state index in [0.29, 0.717) is 30.4 Å². The van der Waals surface area contributed by atoms with Crippen LogP contribution in [0.4, 0.5) is 5.69 Å². The number of rotatable bonds is 4. The van der Waals surface area contributed by atoms with Gasteiger partial charge in [0.25, 0.3) is 5.91 Å². The zero-order chi connectivity index (χ0) is 19.6. The van der Waals surface area contributed by atoms with Crippen LogP contribution in [0.25, 0.3) is 0 Å². The van der Waals surface area contributed by atoms with E-state index < -0.39 is 6.04 Å². The molecule has 0 aliphatic carbocycles. The molecule has 142 valence electrons. The van der Waals surface area contributed by atoms with Crippen LogP contribution in [0.1, 0.15) is 43.0 Å². The molecular formula is C20H24N4O3. The average molecular weight is 368 g/mol. The molecule has 1 atom stereocenters. The lowest BCUT2D eigenvalue weighted by molar-refractivity contribution is -0.124. The Morgan fingerprint density at radius 2 is 2.04 bits per heavy atom. The second-order valence-electron chi connectivity index (χ2n) is 6.82. The number of carbonyl (C=O) groups is 2. The highest BCUT2D eigenvalue weighted by molar-refractivity contribution is 6.02. The van der Waals surface area contributed by atoms with Gasteiger partial charge in [0.1, 0.15) is 23.3 Å². The van der Waals surface area contributed by atoms with Crippen molar-refractivity contribution in [1.29, 1.82) is 0 Å². The quantitative estimate of drug-likeness (QED) is 0.829. The third kappa shape index (κ3) is 3.77. The Hall–Kier alpha value is -2.96. The molecule has 1 aliphatic heterocycles. The molecule has 0 saturated carbocycles. The number of hydrogen-bond acceptors (Lipinski definition) is 5. The van der Waals surface area contributed by atoms with E-state index in [1.807, 2.05) is 38.1 Å². The summed E-state index contributed by atoms with van der Waals surface area (Å²) in [5.74, 6) is 1.07. The fraction of sp³-hybridized carbons (Fsp3) is 0.400. The molecule has 1 aliphatic rings. The van der Waals surface area contributed by atoms with Crippen LogP contribution in [-0.4, -0.2) is 52.9 Å². The van der Waals surface area contributed by atoms with Gasteiger partial charge < -0.3 is 14.5 Å². The van der Waals surface area contributed by atoms with Gasteiger partial charge in [-0.1, -0.05) is 19.9 Å². The molecule has 2 heterocycles. The molecule has 0 spiro atoms. The van der Waals surface area contributed by atoms with Gasteiger partial charge in [-0.3, -0.25) is 9.59 Å². The van der Waals surface area contributed by atoms with Crippen LogP contribution in [0.5, 0.6) is 5.75 Å². The fourth-order valence-electron chi connectivity index (χ4n) is 3.10. The first-order valence-electron chi connectivity index (χ1n) is 9.01. The van der Waals surface area contributed by atoms with Crippen molar-refractivity contribution < 1.29 is 14.3 Å². The minimum absolute atomic E-state index is 0.124. The first-order valence-corrected chi connectivity index (χ1v) is 9.01. The minimum Gasteiger partial charge on any atom is -0.497 e. The van der Waals surface area contributed by atoms with E-state index >= 15 is 0 Å². The van der Waals surface area contributed by atoms with Gasteiger partial charge in [-0.2, -0.15) is 0 Å². The van der Waals surface area contributed by atoms with Crippen molar-refractivity contribution in [2.75, 3.05) is 25.1 Å². The van der Waals surface area contributed by atoms with Crippen molar-refractivity contribution in [1.82, 2.24) is 14.9 Å². The third-order valence-corrected chi connectivity index (χ3v) is 4.69. The Balaban J connectivity index is 1.80. The molecular weight excluding hydrogens is 344 g/mol. The van der Waals surface area contributed by atoms with E-state index in [9.17, 15) is 9.59 Å². The summed E-state index contributed by atoms with van der Waals surface area (Å²) in [5.41, 5.74) is 1.09. The van der Waals surface area contributed by atoms with Gasteiger partial charge in [0.05, 0.1) is 7.11 Å². The summed E-state index contributed by atoms with van der Waals surface area (Å²) in [6.07, 6.45) is 1.59. The smallest absolute Gasteiger partial charge is 0.273 e. The molecule has 2 amide bonds. The van der Waals surface area contributed by atoms with E-state index in [-0.39, 0.29) is 17.7 Å². The molecule has 0 N–H and O–H groups in total. The highest BCUT2D eigenvalue weighted by atomic mass is 16.5. The second-order valence-corrected chi connectivity index (χ2v) is 6.82. The van der Waals surface area contributed by atoms with Crippen LogP contribution < -0.4 is 9.64 Å². The second kappa shape index (κ2) is 7.73. The van der Waals surface area contributed by atoms with Crippen molar-refractivity contribution in [3.8, 4) is 5.75 Å². The Labute approximate surface area is 159 Å². The monoisotopic (exact) mass is 368 g/mol. The van der Waals surface area contributed by atoms with Crippen molar-refractivity contribution >= 4 is 17.5 Å². The summed E-state index contributed by atoms with van der Waals surface area (Å²) in [6.45, 7) is 6.55. The molecule has 0 radical (unpaired) electrons. The number of methoxy groups -OCH3 is 1. The highest BCUT2D eigenvalue weighted by Gasteiger charge is 2.36. The lowest BCUT2D eigenvalue weighted by atomic mass is 10.1. The van der Waals surface area contributed by atoms with E-state index in [4.69, 9.17) is 4.74 Å². The maximum absolute atomic E-state index is 12.9. The van der Waals surface area contributed by atoms with Gasteiger partial charge in [-0.15, -0.1) is 0 Å². The fourth-order valence-corrected chi connectivity index (χ4v) is 3.10. The number of carbonyl (C=O) groups excluding carboxylic acids is 2. The van der Waals surface area contributed by atoms with E-state index in [2.05, 4.69) is 9.97 Å². The number of benzene rings is 1. The molecule has 0 bridgehead atoms. The Morgan fingerprint density at radius 1 is 1.26 bits per heavy atom. The molecule has 1 aromatic heterocycles. The number of ether oxygens (including phenoxy) is 1. The predicted octanol–water partition coefficient (Wildman–Crippen LogP) is 2.49. The molecule has 1 aromatic carbocycles. The number of aromatic nitrogens is 2. The molecule has 7 nitrogen and oxygen atoms in total. The van der Waals surface area contributed by atoms with Gasteiger partial charge in [-0.25, -0.2) is 9.97 Å². The summed E-state index contributed by atoms with van der Waals surface area (Å²) >= 11 is 0. The number of amides is 2. The van der Waals surface area contributed by atoms with Crippen molar-refractivity contribution in [2.24, 2.45) is 0 Å². The van der Waals surface area contributed by atoms with Gasteiger partial charge in [0, 0.05) is 37.0 Å². The first-order chi connectivity index (χ1) is 12.9. The van der Waals surface area contributed by atoms with E-state index in [1.165, 1.54) is 0 Å². The Morgan fingerprint density at radius 3 is 2.74 bits per heavy atom. The molecule has 1 unspecified atom stereocenters. The SMILES string of the molecule is COc1cccc(N2CCN(C(=O)c3ccnc(C(C)C)n3)C(C)C2=O)c1. The minimum atomic E-state index is -0.574. The summed E-state index contributed by atoms with van der Waals surface area (Å²) in [5, 5.41) is 0. The summed E-state index contributed by atoms with van der Waals surface area (Å²) < 4.78 is 5.24. The molecule has 7 heteroatoms. The average Bonchev–Trinajstić information content (AvgIpc) is 2.69. The topological polar surface area (TPSA) is 75.6 Å². The first kappa shape index (κ1) is 18.8. The number of nitrogens with zero attached hydrogens (tertiary/aromatic N) is 4. The van der Waals surface area contributed by atoms with Crippen molar-refractivity contribution in [2.45, 2.75) is 32.7 Å². The van der Waals surface area contributed by atoms with Gasteiger partial charge in [0.2, 0.25) is 5.91 Å². The summed E-state index contributed by atoms with van der Waals surface area (Å²) in [7, 11) is 1.59. The Kier molecular flexibility index (Phi) is 5.39. The number of piperazine rings is 1. The Bertz CT molecular complexity index is 853. The van der Waals surface area contributed by atoms with Crippen LogP contribution in [0.15, 0.2) is 36.5 Å². The zero-order valence-electron chi connectivity index (χ0n) is 16.0. The molecule has 1 saturated heterocycles. The van der Waals surface area contributed by atoms with Crippen molar-refractivity contribution in [3.05, 3.63) is 48.0 Å². The van der Waals surface area contributed by atoms with Crippen LogP contribution in [0.3, 0.4) is 0 Å². The summed E-state index contributed by atoms with van der Waals surface area (Å²) in [6, 6.07) is 8.39. The standard InChI is InChI=1S/C20H24N4O3/c1-13(2)18-21-9-8-17(22-18)20(26)23-10-11-24(19(25)14(23)3)15-6-5-7-16(12-15)27-4/h5-9,12-14H,10-11H2,1-4H3. The van der Waals surface area contributed by atoms with Gasteiger partial charge >= 0.3 is 0 Å². The van der Waals surface area contributed by atoms with Gasteiger partial charge in [0.15, 0.2) is 0 Å². The lowest BCUT2D eigenvalue weighted by Crippen LogP contribution is -2.57. The zero-order valence-corrected chi connectivity index (χ0v) is 16.0. The van der Waals surface area contributed by atoms with Crippen molar-refractivity contribution in [3.63, 3.8) is 0 Å². The summed E-state index contributed by atoms with van der Waals surface area (Å²) in [4.78, 5) is 37.7. The van der Waals surface area contributed by atoms with Crippen LogP contribution in [0.2, 0.25) is 0 Å². The third-order valence-electron chi connectivity index (χ3n) is 4.69. The van der Waals surface area contributed by atoms with Crippen LogP contribution in [-0.2, 0) is 4.79 Å². The van der Waals surface area contributed by atoms with Crippen LogP contribution in [0, 0.1) is 0 Å². The lowest BCUT2D eigenvalue weighted by Gasteiger charge is -2.39. The maximum atomic E-state index is 12.9. The predicted molar refractivity (Wildman–Crippen MR) is 102 cm³/mol. The number of anilines is 1. The molecule has 27 heavy (non-hydrogen) atoms. The number of hydrogen-bond donors (Lipinski definition) is 0. The normalized spacial score (nSPS) is 17.4.